The standard InChI is InChI=1S/C19H19N5O.C18H18N6O/c1-11-8-22-18(23-11)24-16-7-13(14-9-20-12(2)21-10-14)5-6-15(16)19(3,4)17(24)25;1-11-19-8-13(9-20-11)12-5-6-14-15(7-12)24(17(25)18(14,2)3)16-10-23(4)22-21-16/h5-10H,1-4H3,(H,22,23);5-10H,1-4H3. The van der Waals surface area contributed by atoms with E-state index < -0.39 is 10.8 Å². The van der Waals surface area contributed by atoms with Crippen LogP contribution in [0.25, 0.3) is 22.3 Å². The molecule has 4 aromatic heterocycles. The molecule has 0 saturated carbocycles. The lowest BCUT2D eigenvalue weighted by Crippen LogP contribution is -2.33. The quantitative estimate of drug-likeness (QED) is 0.240. The Balaban J connectivity index is 0.000000157. The van der Waals surface area contributed by atoms with Gasteiger partial charge in [-0.15, -0.1) is 5.10 Å². The molecule has 2 aliphatic rings. The number of aryl methyl sites for hydroxylation is 4. The number of nitrogens with one attached hydrogen (secondary N) is 1. The highest BCUT2D eigenvalue weighted by Gasteiger charge is 2.46. The van der Waals surface area contributed by atoms with Crippen LogP contribution in [0, 0.1) is 20.8 Å². The summed E-state index contributed by atoms with van der Waals surface area (Å²) in [5.41, 5.74) is 7.02. The lowest BCUT2D eigenvalue weighted by molar-refractivity contribution is -0.122. The van der Waals surface area contributed by atoms with Crippen LogP contribution in [0.1, 0.15) is 56.2 Å². The third-order valence-corrected chi connectivity index (χ3v) is 9.25. The third-order valence-electron chi connectivity index (χ3n) is 9.25. The molecule has 0 atom stereocenters. The smallest absolute Gasteiger partial charge is 0.244 e. The Morgan fingerprint density at radius 1 is 0.660 bits per heavy atom. The fourth-order valence-electron chi connectivity index (χ4n) is 6.33. The second-order valence-electron chi connectivity index (χ2n) is 13.6. The zero-order valence-corrected chi connectivity index (χ0v) is 29.2. The van der Waals surface area contributed by atoms with Crippen molar-refractivity contribution in [3.8, 4) is 22.3 Å². The van der Waals surface area contributed by atoms with Gasteiger partial charge in [0.05, 0.1) is 34.1 Å². The van der Waals surface area contributed by atoms with Crippen molar-refractivity contribution in [3.63, 3.8) is 0 Å². The molecule has 13 nitrogen and oxygen atoms in total. The van der Waals surface area contributed by atoms with Gasteiger partial charge in [0.15, 0.2) is 5.82 Å². The number of hydrogen-bond acceptors (Lipinski definition) is 9. The van der Waals surface area contributed by atoms with E-state index in [-0.39, 0.29) is 11.8 Å². The van der Waals surface area contributed by atoms with Crippen LogP contribution in [0.4, 0.5) is 23.1 Å². The molecule has 2 aromatic carbocycles. The number of imidazole rings is 1. The number of nitrogens with zero attached hydrogens (tertiary/aromatic N) is 10. The van der Waals surface area contributed by atoms with Crippen LogP contribution in [0.5, 0.6) is 0 Å². The number of amides is 2. The van der Waals surface area contributed by atoms with Gasteiger partial charge in [-0.25, -0.2) is 29.8 Å². The number of aromatic nitrogens is 9. The molecule has 0 unspecified atom stereocenters. The largest absolute Gasteiger partial charge is 0.330 e. The van der Waals surface area contributed by atoms with Gasteiger partial charge in [-0.1, -0.05) is 29.5 Å². The number of H-pyrrole nitrogens is 1. The van der Waals surface area contributed by atoms with Crippen LogP contribution in [0.15, 0.2) is 73.6 Å². The van der Waals surface area contributed by atoms with E-state index in [9.17, 15) is 9.59 Å². The summed E-state index contributed by atoms with van der Waals surface area (Å²) >= 11 is 0. The summed E-state index contributed by atoms with van der Waals surface area (Å²) in [6, 6.07) is 12.0. The highest BCUT2D eigenvalue weighted by Crippen LogP contribution is 2.47. The first-order valence-electron chi connectivity index (χ1n) is 16.2. The van der Waals surface area contributed by atoms with Gasteiger partial charge < -0.3 is 4.98 Å². The first kappa shape index (κ1) is 32.4. The highest BCUT2D eigenvalue weighted by atomic mass is 16.2. The zero-order valence-electron chi connectivity index (χ0n) is 29.2. The maximum Gasteiger partial charge on any atom is 0.244 e. The Bertz CT molecular complexity index is 2110. The molecule has 50 heavy (non-hydrogen) atoms. The van der Waals surface area contributed by atoms with Gasteiger partial charge in [0, 0.05) is 49.2 Å². The first-order chi connectivity index (χ1) is 23.8. The van der Waals surface area contributed by atoms with Crippen molar-refractivity contribution in [1.29, 1.82) is 0 Å². The van der Waals surface area contributed by atoms with Crippen LogP contribution in [0.3, 0.4) is 0 Å². The summed E-state index contributed by atoms with van der Waals surface area (Å²) in [6.07, 6.45) is 10.7. The van der Waals surface area contributed by atoms with Gasteiger partial charge in [-0.2, -0.15) is 0 Å². The number of carbonyl (C=O) groups excluding carboxylic acids is 2. The Morgan fingerprint density at radius 3 is 1.58 bits per heavy atom. The SMILES string of the molecule is Cc1c[nH]c(N2C(=O)C(C)(C)c3ccc(-c4cnc(C)nc4)cc32)n1.Cc1ncc(-c2ccc3c(c2)N(c2cn(C)nn2)C(=O)C3(C)C)cn1. The van der Waals surface area contributed by atoms with E-state index in [1.54, 1.807) is 58.7 Å². The topological polar surface area (TPSA) is 152 Å². The minimum atomic E-state index is -0.616. The average molecular weight is 668 g/mol. The molecule has 6 heterocycles. The van der Waals surface area contributed by atoms with Crippen molar-refractivity contribution < 1.29 is 9.59 Å². The fourth-order valence-corrected chi connectivity index (χ4v) is 6.33. The molecular formula is C37H37N11O2. The summed E-state index contributed by atoms with van der Waals surface area (Å²) in [5.74, 6) is 2.52. The van der Waals surface area contributed by atoms with E-state index in [0.29, 0.717) is 11.8 Å². The van der Waals surface area contributed by atoms with E-state index >= 15 is 0 Å². The second-order valence-corrected chi connectivity index (χ2v) is 13.6. The van der Waals surface area contributed by atoms with Crippen LogP contribution < -0.4 is 9.80 Å². The van der Waals surface area contributed by atoms with Crippen LogP contribution in [-0.2, 0) is 27.5 Å². The van der Waals surface area contributed by atoms with Gasteiger partial charge in [0.1, 0.15) is 11.6 Å². The summed E-state index contributed by atoms with van der Waals surface area (Å²) in [4.78, 5) is 53.9. The molecule has 0 saturated heterocycles. The van der Waals surface area contributed by atoms with Gasteiger partial charge in [-0.05, 0) is 82.9 Å². The summed E-state index contributed by atoms with van der Waals surface area (Å²) in [7, 11) is 1.78. The molecule has 0 bridgehead atoms. The van der Waals surface area contributed by atoms with Crippen molar-refractivity contribution >= 4 is 35.0 Å². The lowest BCUT2D eigenvalue weighted by atomic mass is 9.85. The second kappa shape index (κ2) is 11.8. The molecule has 2 amide bonds. The van der Waals surface area contributed by atoms with E-state index in [1.807, 2.05) is 84.9 Å². The highest BCUT2D eigenvalue weighted by molar-refractivity contribution is 6.13. The minimum Gasteiger partial charge on any atom is -0.330 e. The normalized spacial score (nSPS) is 15.5. The maximum absolute atomic E-state index is 13.0. The number of aromatic amines is 1. The Kier molecular flexibility index (Phi) is 7.65. The zero-order chi connectivity index (χ0) is 35.5. The molecule has 1 N–H and O–H groups in total. The molecule has 8 rings (SSSR count). The van der Waals surface area contributed by atoms with Crippen LogP contribution in [0.2, 0.25) is 0 Å². The van der Waals surface area contributed by atoms with Gasteiger partial charge in [-0.3, -0.25) is 19.2 Å². The van der Waals surface area contributed by atoms with Gasteiger partial charge in [0.25, 0.3) is 0 Å². The van der Waals surface area contributed by atoms with E-state index in [1.165, 1.54) is 0 Å². The Hall–Kier alpha value is -6.11. The first-order valence-corrected chi connectivity index (χ1v) is 16.2. The summed E-state index contributed by atoms with van der Waals surface area (Å²) < 4.78 is 1.59. The monoisotopic (exact) mass is 667 g/mol. The molecule has 6 aromatic rings. The number of carbonyl (C=O) groups is 2. The van der Waals surface area contributed by atoms with E-state index in [2.05, 4.69) is 40.2 Å². The van der Waals surface area contributed by atoms with E-state index in [0.717, 1.165) is 62.1 Å². The van der Waals surface area contributed by atoms with Crippen LogP contribution >= 0.6 is 0 Å². The number of rotatable bonds is 4. The van der Waals surface area contributed by atoms with Gasteiger partial charge >= 0.3 is 0 Å². The molecule has 0 aliphatic carbocycles. The van der Waals surface area contributed by atoms with Crippen LogP contribution in [-0.4, -0.2) is 56.7 Å². The predicted octanol–water partition coefficient (Wildman–Crippen LogP) is 5.98. The predicted molar refractivity (Wildman–Crippen MR) is 189 cm³/mol. The van der Waals surface area contributed by atoms with E-state index in [4.69, 9.17) is 0 Å². The third kappa shape index (κ3) is 5.40. The number of anilines is 4. The van der Waals surface area contributed by atoms with Crippen molar-refractivity contribution in [1.82, 2.24) is 44.9 Å². The number of fused-ring (bicyclic) bond motifs is 2. The van der Waals surface area contributed by atoms with Crippen molar-refractivity contribution in [3.05, 3.63) is 102 Å². The molecule has 13 heteroatoms. The molecule has 2 aliphatic heterocycles. The Labute approximate surface area is 289 Å². The van der Waals surface area contributed by atoms with Crippen molar-refractivity contribution in [2.45, 2.75) is 59.3 Å². The lowest BCUT2D eigenvalue weighted by Gasteiger charge is -2.18. The molecule has 0 fully saturated rings. The molecule has 0 spiro atoms. The van der Waals surface area contributed by atoms with Crippen molar-refractivity contribution in [2.24, 2.45) is 7.05 Å². The summed E-state index contributed by atoms with van der Waals surface area (Å²) in [5, 5.41) is 8.08. The maximum atomic E-state index is 13.0. The molecule has 0 radical (unpaired) electrons. The summed E-state index contributed by atoms with van der Waals surface area (Å²) in [6.45, 7) is 13.3. The fraction of sp³-hybridized carbons (Fsp3) is 0.270. The number of hydrogen-bond donors (Lipinski definition) is 1. The molecule has 252 valence electrons. The average Bonchev–Trinajstić information content (AvgIpc) is 3.81. The Morgan fingerprint density at radius 2 is 1.14 bits per heavy atom. The minimum absolute atomic E-state index is 0.00848. The molecular weight excluding hydrogens is 630 g/mol. The number of benzene rings is 2. The van der Waals surface area contributed by atoms with Crippen molar-refractivity contribution in [2.75, 3.05) is 9.80 Å². The van der Waals surface area contributed by atoms with Gasteiger partial charge in [0.2, 0.25) is 17.8 Å².